The Balaban J connectivity index is 1.72. The lowest BCUT2D eigenvalue weighted by molar-refractivity contribution is 0.395. The van der Waals surface area contributed by atoms with Gasteiger partial charge in [0, 0.05) is 35.3 Å². The lowest BCUT2D eigenvalue weighted by atomic mass is 10.0. The van der Waals surface area contributed by atoms with Crippen LogP contribution in [0.4, 0.5) is 5.95 Å². The molecule has 8 heteroatoms. The maximum Gasteiger partial charge on any atom is 0.223 e. The number of nitrogens with two attached hydrogens (primary N) is 1. The fourth-order valence-electron chi connectivity index (χ4n) is 3.73. The van der Waals surface area contributed by atoms with E-state index in [1.807, 2.05) is 18.2 Å². The Labute approximate surface area is 179 Å². The van der Waals surface area contributed by atoms with Gasteiger partial charge < -0.3 is 20.5 Å². The number of hydrogen-bond donors (Lipinski definition) is 2. The maximum absolute atomic E-state index is 6.54. The van der Waals surface area contributed by atoms with Crippen molar-refractivity contribution in [2.45, 2.75) is 31.3 Å². The van der Waals surface area contributed by atoms with Crippen LogP contribution in [0.3, 0.4) is 0 Å². The molecule has 1 fully saturated rings. The number of ether oxygens (including phenoxy) is 2. The molecule has 0 aliphatic heterocycles. The van der Waals surface area contributed by atoms with Crippen LogP contribution in [0.25, 0.3) is 22.0 Å². The third-order valence-corrected chi connectivity index (χ3v) is 6.08. The van der Waals surface area contributed by atoms with Crippen LogP contribution in [0.1, 0.15) is 19.3 Å². The standard InChI is InChI=1S/C21H22Cl2N4O2/c1-28-16-9-17(29-2)20(23)18(19(16)22)11-6-7-14-12(8-11)10-25-21(26-14)27-15-5-3-4-13(15)24/h6-10,13,15H,3-5,24H2,1-2H3,(H,25,26,27)/t13-,15?/m0/s1. The first-order chi connectivity index (χ1) is 14.0. The average Bonchev–Trinajstić information content (AvgIpc) is 3.13. The lowest BCUT2D eigenvalue weighted by Crippen LogP contribution is -2.35. The second kappa shape index (κ2) is 8.22. The lowest BCUT2D eigenvalue weighted by Gasteiger charge is -2.17. The topological polar surface area (TPSA) is 82.3 Å². The van der Waals surface area contributed by atoms with Crippen molar-refractivity contribution in [3.05, 3.63) is 40.5 Å². The normalized spacial score (nSPS) is 18.8. The summed E-state index contributed by atoms with van der Waals surface area (Å²) in [5.74, 6) is 1.57. The molecule has 3 aromatic rings. The number of nitrogens with one attached hydrogen (secondary N) is 1. The van der Waals surface area contributed by atoms with E-state index in [-0.39, 0.29) is 12.1 Å². The minimum atomic E-state index is 0.143. The Morgan fingerprint density at radius 1 is 1.07 bits per heavy atom. The van der Waals surface area contributed by atoms with Crippen LogP contribution < -0.4 is 20.5 Å². The largest absolute Gasteiger partial charge is 0.495 e. The highest BCUT2D eigenvalue weighted by atomic mass is 35.5. The Morgan fingerprint density at radius 2 is 1.79 bits per heavy atom. The summed E-state index contributed by atoms with van der Waals surface area (Å²) in [7, 11) is 3.11. The van der Waals surface area contributed by atoms with Gasteiger partial charge in [-0.1, -0.05) is 29.3 Å². The quantitative estimate of drug-likeness (QED) is 0.595. The highest BCUT2D eigenvalue weighted by Gasteiger charge is 2.24. The van der Waals surface area contributed by atoms with Gasteiger partial charge in [-0.25, -0.2) is 9.97 Å². The second-order valence-corrected chi connectivity index (χ2v) is 7.85. The number of aromatic nitrogens is 2. The molecule has 1 aliphatic rings. The molecule has 1 heterocycles. The fraction of sp³-hybridized carbons (Fsp3) is 0.333. The summed E-state index contributed by atoms with van der Waals surface area (Å²) in [6.45, 7) is 0. The first kappa shape index (κ1) is 20.0. The van der Waals surface area contributed by atoms with E-state index in [0.717, 1.165) is 35.7 Å². The molecule has 0 bridgehead atoms. The Bertz CT molecular complexity index is 1030. The van der Waals surface area contributed by atoms with Crippen LogP contribution in [-0.2, 0) is 0 Å². The molecule has 1 unspecified atom stereocenters. The van der Waals surface area contributed by atoms with Crippen molar-refractivity contribution in [1.29, 1.82) is 0 Å². The number of anilines is 1. The molecular formula is C21H22Cl2N4O2. The van der Waals surface area contributed by atoms with Crippen molar-refractivity contribution in [1.82, 2.24) is 9.97 Å². The van der Waals surface area contributed by atoms with Crippen LogP contribution in [0, 0.1) is 0 Å². The van der Waals surface area contributed by atoms with Crippen molar-refractivity contribution in [3.8, 4) is 22.6 Å². The molecule has 4 rings (SSSR count). The number of halogens is 2. The molecule has 152 valence electrons. The predicted octanol–water partition coefficient (Wildman–Crippen LogP) is 4.91. The van der Waals surface area contributed by atoms with Gasteiger partial charge in [-0.3, -0.25) is 0 Å². The number of nitrogens with zero attached hydrogens (tertiary/aromatic N) is 2. The molecule has 0 amide bonds. The summed E-state index contributed by atoms with van der Waals surface area (Å²) in [6, 6.07) is 7.82. The molecule has 0 saturated heterocycles. The molecule has 2 atom stereocenters. The number of hydrogen-bond acceptors (Lipinski definition) is 6. The Morgan fingerprint density at radius 3 is 2.41 bits per heavy atom. The van der Waals surface area contributed by atoms with E-state index >= 15 is 0 Å². The summed E-state index contributed by atoms with van der Waals surface area (Å²) in [6.07, 6.45) is 4.98. The third kappa shape index (κ3) is 3.80. The van der Waals surface area contributed by atoms with Crippen molar-refractivity contribution in [3.63, 3.8) is 0 Å². The zero-order chi connectivity index (χ0) is 20.5. The summed E-state index contributed by atoms with van der Waals surface area (Å²) >= 11 is 13.1. The maximum atomic E-state index is 6.54. The summed E-state index contributed by atoms with van der Waals surface area (Å²) in [4.78, 5) is 9.09. The summed E-state index contributed by atoms with van der Waals surface area (Å²) in [5, 5.41) is 5.07. The highest BCUT2D eigenvalue weighted by molar-refractivity contribution is 6.41. The molecule has 1 aromatic heterocycles. The second-order valence-electron chi connectivity index (χ2n) is 7.10. The van der Waals surface area contributed by atoms with E-state index < -0.39 is 0 Å². The summed E-state index contributed by atoms with van der Waals surface area (Å²) in [5.41, 5.74) is 8.42. The number of benzene rings is 2. The van der Waals surface area contributed by atoms with E-state index in [0.29, 0.717) is 33.1 Å². The van der Waals surface area contributed by atoms with Crippen molar-refractivity contribution in [2.24, 2.45) is 5.73 Å². The van der Waals surface area contributed by atoms with Crippen molar-refractivity contribution in [2.75, 3.05) is 19.5 Å². The van der Waals surface area contributed by atoms with Gasteiger partial charge in [-0.05, 0) is 37.0 Å². The van der Waals surface area contributed by atoms with Crippen LogP contribution in [0.2, 0.25) is 10.0 Å². The minimum absolute atomic E-state index is 0.143. The molecule has 29 heavy (non-hydrogen) atoms. The first-order valence-corrected chi connectivity index (χ1v) is 10.2. The molecule has 3 N–H and O–H groups in total. The minimum Gasteiger partial charge on any atom is -0.495 e. The van der Waals surface area contributed by atoms with Crippen LogP contribution >= 0.6 is 23.2 Å². The van der Waals surface area contributed by atoms with Gasteiger partial charge in [-0.15, -0.1) is 0 Å². The first-order valence-electron chi connectivity index (χ1n) is 9.41. The van der Waals surface area contributed by atoms with E-state index in [9.17, 15) is 0 Å². The third-order valence-electron chi connectivity index (χ3n) is 5.33. The molecular weight excluding hydrogens is 411 g/mol. The zero-order valence-corrected chi connectivity index (χ0v) is 17.7. The molecule has 1 aliphatic carbocycles. The highest BCUT2D eigenvalue weighted by Crippen LogP contribution is 2.46. The average molecular weight is 433 g/mol. The number of rotatable bonds is 5. The van der Waals surface area contributed by atoms with Crippen molar-refractivity contribution < 1.29 is 9.47 Å². The van der Waals surface area contributed by atoms with Gasteiger partial charge in [-0.2, -0.15) is 0 Å². The predicted molar refractivity (Wildman–Crippen MR) is 117 cm³/mol. The SMILES string of the molecule is COc1cc(OC)c(Cl)c(-c2ccc3nc(NC4CCC[C@@H]4N)ncc3c2)c1Cl. The van der Waals surface area contributed by atoms with Gasteiger partial charge in [0.15, 0.2) is 0 Å². The Hall–Kier alpha value is -2.28. The fourth-order valence-corrected chi connectivity index (χ4v) is 4.45. The molecule has 0 radical (unpaired) electrons. The number of fused-ring (bicyclic) bond motifs is 1. The Kier molecular flexibility index (Phi) is 5.67. The van der Waals surface area contributed by atoms with Crippen molar-refractivity contribution >= 4 is 40.1 Å². The van der Waals surface area contributed by atoms with Gasteiger partial charge in [0.25, 0.3) is 0 Å². The molecule has 2 aromatic carbocycles. The van der Waals surface area contributed by atoms with Crippen LogP contribution in [0.15, 0.2) is 30.5 Å². The van der Waals surface area contributed by atoms with Crippen LogP contribution in [-0.4, -0.2) is 36.3 Å². The molecule has 6 nitrogen and oxygen atoms in total. The molecule has 1 saturated carbocycles. The van der Waals surface area contributed by atoms with E-state index in [2.05, 4.69) is 15.3 Å². The monoisotopic (exact) mass is 432 g/mol. The van der Waals surface area contributed by atoms with E-state index in [1.165, 1.54) is 0 Å². The van der Waals surface area contributed by atoms with Gasteiger partial charge in [0.05, 0.1) is 29.8 Å². The smallest absolute Gasteiger partial charge is 0.223 e. The van der Waals surface area contributed by atoms with E-state index in [4.69, 9.17) is 38.4 Å². The molecule has 0 spiro atoms. The van der Waals surface area contributed by atoms with E-state index in [1.54, 1.807) is 26.5 Å². The van der Waals surface area contributed by atoms with Gasteiger partial charge in [0.2, 0.25) is 5.95 Å². The van der Waals surface area contributed by atoms with Gasteiger partial charge in [0.1, 0.15) is 11.5 Å². The van der Waals surface area contributed by atoms with Crippen LogP contribution in [0.5, 0.6) is 11.5 Å². The zero-order valence-electron chi connectivity index (χ0n) is 16.2. The van der Waals surface area contributed by atoms with Gasteiger partial charge >= 0.3 is 0 Å². The summed E-state index contributed by atoms with van der Waals surface area (Å²) < 4.78 is 10.7. The number of methoxy groups -OCH3 is 2.